The first-order valence-electron chi connectivity index (χ1n) is 5.93. The molecule has 0 N–H and O–H groups in total. The highest BCUT2D eigenvalue weighted by atomic mass is 16.7. The first-order valence-corrected chi connectivity index (χ1v) is 5.93. The summed E-state index contributed by atoms with van der Waals surface area (Å²) < 4.78 is 15.8. The molecule has 0 radical (unpaired) electrons. The van der Waals surface area contributed by atoms with E-state index in [1.54, 1.807) is 18.2 Å². The van der Waals surface area contributed by atoms with Gasteiger partial charge in [-0.05, 0) is 43.9 Å². The fraction of sp³-hybridized carbons (Fsp3) is 0.462. The maximum Gasteiger partial charge on any atom is 0.338 e. The average Bonchev–Trinajstić information content (AvgIpc) is 2.97. The van der Waals surface area contributed by atoms with Crippen molar-refractivity contribution in [2.75, 3.05) is 6.79 Å². The third-order valence-corrected chi connectivity index (χ3v) is 3.18. The summed E-state index contributed by atoms with van der Waals surface area (Å²) in [6.07, 6.45) is 4.36. The minimum Gasteiger partial charge on any atom is -0.459 e. The molecule has 1 aliphatic carbocycles. The fourth-order valence-electron chi connectivity index (χ4n) is 2.25. The van der Waals surface area contributed by atoms with E-state index in [0.717, 1.165) is 25.7 Å². The Bertz CT molecular complexity index is 435. The first-order chi connectivity index (χ1) is 8.33. The number of fused-ring (bicyclic) bond motifs is 1. The van der Waals surface area contributed by atoms with E-state index in [9.17, 15) is 4.79 Å². The van der Waals surface area contributed by atoms with Crippen LogP contribution in [0.2, 0.25) is 0 Å². The Morgan fingerprint density at radius 3 is 2.76 bits per heavy atom. The molecule has 4 heteroatoms. The Morgan fingerprint density at radius 2 is 1.94 bits per heavy atom. The molecule has 0 amide bonds. The summed E-state index contributed by atoms with van der Waals surface area (Å²) in [7, 11) is 0. The molecular weight excluding hydrogens is 220 g/mol. The highest BCUT2D eigenvalue weighted by Crippen LogP contribution is 2.33. The standard InChI is InChI=1S/C13H14O4/c14-13(17-10-3-1-2-4-10)9-5-6-11-12(7-9)16-8-15-11/h5-7,10H,1-4,8H2. The van der Waals surface area contributed by atoms with Crippen LogP contribution < -0.4 is 9.47 Å². The predicted molar refractivity (Wildman–Crippen MR) is 60.2 cm³/mol. The van der Waals surface area contributed by atoms with Crippen LogP contribution in [0.4, 0.5) is 0 Å². The summed E-state index contributed by atoms with van der Waals surface area (Å²) in [6.45, 7) is 0.219. The van der Waals surface area contributed by atoms with Gasteiger partial charge in [-0.1, -0.05) is 0 Å². The molecule has 1 heterocycles. The molecule has 2 aliphatic rings. The highest BCUT2D eigenvalue weighted by Gasteiger charge is 2.22. The van der Waals surface area contributed by atoms with Crippen molar-refractivity contribution in [2.45, 2.75) is 31.8 Å². The molecule has 4 nitrogen and oxygen atoms in total. The van der Waals surface area contributed by atoms with E-state index in [1.807, 2.05) is 0 Å². The monoisotopic (exact) mass is 234 g/mol. The topological polar surface area (TPSA) is 44.8 Å². The van der Waals surface area contributed by atoms with Crippen LogP contribution in [0.5, 0.6) is 11.5 Å². The SMILES string of the molecule is O=C(OC1CCCC1)c1ccc2c(c1)OCO2. The van der Waals surface area contributed by atoms with Crippen LogP contribution in [0.15, 0.2) is 18.2 Å². The van der Waals surface area contributed by atoms with E-state index in [-0.39, 0.29) is 18.9 Å². The van der Waals surface area contributed by atoms with Crippen LogP contribution in [-0.4, -0.2) is 18.9 Å². The molecule has 1 aromatic rings. The Kier molecular flexibility index (Phi) is 2.63. The van der Waals surface area contributed by atoms with E-state index in [2.05, 4.69) is 0 Å². The summed E-state index contributed by atoms with van der Waals surface area (Å²) >= 11 is 0. The van der Waals surface area contributed by atoms with E-state index >= 15 is 0 Å². The second kappa shape index (κ2) is 4.28. The van der Waals surface area contributed by atoms with Crippen LogP contribution in [0.1, 0.15) is 36.0 Å². The number of carbonyl (C=O) groups excluding carboxylic acids is 1. The third kappa shape index (κ3) is 2.07. The van der Waals surface area contributed by atoms with Crippen LogP contribution in [-0.2, 0) is 4.74 Å². The quantitative estimate of drug-likeness (QED) is 0.737. The molecular formula is C13H14O4. The Labute approximate surface area is 99.5 Å². The van der Waals surface area contributed by atoms with Gasteiger partial charge in [-0.15, -0.1) is 0 Å². The molecule has 17 heavy (non-hydrogen) atoms. The molecule has 1 aromatic carbocycles. The van der Waals surface area contributed by atoms with E-state index in [0.29, 0.717) is 17.1 Å². The number of esters is 1. The van der Waals surface area contributed by atoms with Crippen LogP contribution in [0.25, 0.3) is 0 Å². The first kappa shape index (κ1) is 10.4. The van der Waals surface area contributed by atoms with Gasteiger partial charge in [0, 0.05) is 0 Å². The van der Waals surface area contributed by atoms with Crippen molar-refractivity contribution < 1.29 is 19.0 Å². The van der Waals surface area contributed by atoms with E-state index in [4.69, 9.17) is 14.2 Å². The number of benzene rings is 1. The molecule has 0 saturated heterocycles. The minimum atomic E-state index is -0.268. The van der Waals surface area contributed by atoms with Crippen molar-refractivity contribution in [3.63, 3.8) is 0 Å². The highest BCUT2D eigenvalue weighted by molar-refractivity contribution is 5.90. The number of rotatable bonds is 2. The average molecular weight is 234 g/mol. The molecule has 0 unspecified atom stereocenters. The van der Waals surface area contributed by atoms with Gasteiger partial charge >= 0.3 is 5.97 Å². The van der Waals surface area contributed by atoms with Gasteiger partial charge in [0.25, 0.3) is 0 Å². The number of ether oxygens (including phenoxy) is 3. The molecule has 0 spiro atoms. The lowest BCUT2D eigenvalue weighted by Gasteiger charge is -2.11. The van der Waals surface area contributed by atoms with Crippen molar-refractivity contribution in [1.29, 1.82) is 0 Å². The maximum atomic E-state index is 11.9. The second-order valence-electron chi connectivity index (χ2n) is 4.38. The van der Waals surface area contributed by atoms with Crippen molar-refractivity contribution in [1.82, 2.24) is 0 Å². The van der Waals surface area contributed by atoms with Gasteiger partial charge in [-0.3, -0.25) is 0 Å². The lowest BCUT2D eigenvalue weighted by atomic mass is 10.2. The van der Waals surface area contributed by atoms with Gasteiger partial charge in [0.2, 0.25) is 6.79 Å². The molecule has 1 aliphatic heterocycles. The number of hydrogen-bond donors (Lipinski definition) is 0. The zero-order chi connectivity index (χ0) is 11.7. The van der Waals surface area contributed by atoms with Crippen molar-refractivity contribution in [3.8, 4) is 11.5 Å². The molecule has 90 valence electrons. The predicted octanol–water partition coefficient (Wildman–Crippen LogP) is 2.51. The fourth-order valence-corrected chi connectivity index (χ4v) is 2.25. The molecule has 3 rings (SSSR count). The van der Waals surface area contributed by atoms with Gasteiger partial charge in [0.05, 0.1) is 5.56 Å². The lowest BCUT2D eigenvalue weighted by Crippen LogP contribution is -2.14. The Hall–Kier alpha value is -1.71. The van der Waals surface area contributed by atoms with Crippen molar-refractivity contribution in [3.05, 3.63) is 23.8 Å². The van der Waals surface area contributed by atoms with E-state index in [1.165, 1.54) is 0 Å². The number of carbonyl (C=O) groups is 1. The van der Waals surface area contributed by atoms with Crippen LogP contribution in [0.3, 0.4) is 0 Å². The lowest BCUT2D eigenvalue weighted by molar-refractivity contribution is 0.0317. The molecule has 0 aromatic heterocycles. The van der Waals surface area contributed by atoms with Gasteiger partial charge in [0.1, 0.15) is 6.10 Å². The smallest absolute Gasteiger partial charge is 0.338 e. The van der Waals surface area contributed by atoms with Gasteiger partial charge in [0.15, 0.2) is 11.5 Å². The van der Waals surface area contributed by atoms with Crippen LogP contribution >= 0.6 is 0 Å². The van der Waals surface area contributed by atoms with Crippen molar-refractivity contribution >= 4 is 5.97 Å². The zero-order valence-corrected chi connectivity index (χ0v) is 9.48. The summed E-state index contributed by atoms with van der Waals surface area (Å²) in [5.41, 5.74) is 0.529. The third-order valence-electron chi connectivity index (χ3n) is 3.18. The summed E-state index contributed by atoms with van der Waals surface area (Å²) in [4.78, 5) is 11.9. The molecule has 0 atom stereocenters. The van der Waals surface area contributed by atoms with Crippen LogP contribution in [0, 0.1) is 0 Å². The zero-order valence-electron chi connectivity index (χ0n) is 9.48. The van der Waals surface area contributed by atoms with Crippen molar-refractivity contribution in [2.24, 2.45) is 0 Å². The second-order valence-corrected chi connectivity index (χ2v) is 4.38. The minimum absolute atomic E-state index is 0.0907. The normalized spacial score (nSPS) is 18.4. The van der Waals surface area contributed by atoms with Gasteiger partial charge in [-0.2, -0.15) is 0 Å². The van der Waals surface area contributed by atoms with Gasteiger partial charge in [-0.25, -0.2) is 4.79 Å². The maximum absolute atomic E-state index is 11.9. The summed E-state index contributed by atoms with van der Waals surface area (Å²) in [6, 6.07) is 5.14. The molecule has 1 saturated carbocycles. The summed E-state index contributed by atoms with van der Waals surface area (Å²) in [5, 5.41) is 0. The van der Waals surface area contributed by atoms with Gasteiger partial charge < -0.3 is 14.2 Å². The largest absolute Gasteiger partial charge is 0.459 e. The number of hydrogen-bond acceptors (Lipinski definition) is 4. The van der Waals surface area contributed by atoms with E-state index < -0.39 is 0 Å². The molecule has 1 fully saturated rings. The summed E-state index contributed by atoms with van der Waals surface area (Å²) in [5.74, 6) is 1.03. The molecule has 0 bridgehead atoms. The Morgan fingerprint density at radius 1 is 1.18 bits per heavy atom. The Balaban J connectivity index is 1.72.